The summed E-state index contributed by atoms with van der Waals surface area (Å²) >= 11 is 0. The summed E-state index contributed by atoms with van der Waals surface area (Å²) in [6.07, 6.45) is 32.3. The van der Waals surface area contributed by atoms with Gasteiger partial charge in [-0.2, -0.15) is 0 Å². The fraction of sp³-hybridized carbons (Fsp3) is 0.950. The lowest BCUT2D eigenvalue weighted by atomic mass is 10.0. The maximum absolute atomic E-state index is 12.3. The molecule has 0 aromatic heterocycles. The van der Waals surface area contributed by atoms with Crippen molar-refractivity contribution in [2.45, 2.75) is 226 Å². The van der Waals surface area contributed by atoms with E-state index in [4.69, 9.17) is 13.6 Å². The van der Waals surface area contributed by atoms with Gasteiger partial charge in [0.1, 0.15) is 11.6 Å². The zero-order chi connectivity index (χ0) is 35.3. The molecule has 0 aromatic rings. The molecule has 0 heterocycles. The standard InChI is InChI=1S/C40H79O7P/c1-4-7-9-11-13-15-17-19-21-23-25-27-29-31-37(41)33-39(43)35-46-48(45-6-3)47-36-40(44)34-38(42)32-30-28-26-24-22-20-18-16-14-12-10-8-5-2/h39-40,43-44H,4-36H2,1-3H3. The van der Waals surface area contributed by atoms with E-state index in [0.29, 0.717) is 19.4 Å². The minimum atomic E-state index is -1.77. The maximum Gasteiger partial charge on any atom is 0.332 e. The first-order valence-corrected chi connectivity index (χ1v) is 21.6. The molecule has 0 bridgehead atoms. The van der Waals surface area contributed by atoms with Crippen molar-refractivity contribution < 1.29 is 33.4 Å². The molecule has 0 aromatic carbocycles. The van der Waals surface area contributed by atoms with E-state index in [1.165, 1.54) is 141 Å². The van der Waals surface area contributed by atoms with Gasteiger partial charge >= 0.3 is 8.60 Å². The predicted molar refractivity (Wildman–Crippen MR) is 202 cm³/mol. The van der Waals surface area contributed by atoms with Gasteiger partial charge < -0.3 is 23.8 Å². The smallest absolute Gasteiger partial charge is 0.332 e. The Balaban J connectivity index is 3.80. The molecular formula is C40H79O7P. The van der Waals surface area contributed by atoms with Crippen molar-refractivity contribution in [1.82, 2.24) is 0 Å². The number of carbonyl (C=O) groups excluding carboxylic acids is 2. The molecule has 0 aliphatic rings. The van der Waals surface area contributed by atoms with Crippen LogP contribution in [0.15, 0.2) is 0 Å². The summed E-state index contributed by atoms with van der Waals surface area (Å²) in [5, 5.41) is 20.6. The second-order valence-corrected chi connectivity index (χ2v) is 15.2. The van der Waals surface area contributed by atoms with Crippen molar-refractivity contribution in [2.75, 3.05) is 19.8 Å². The molecular weight excluding hydrogens is 623 g/mol. The molecule has 0 saturated heterocycles. The highest BCUT2D eigenvalue weighted by Crippen LogP contribution is 2.40. The summed E-state index contributed by atoms with van der Waals surface area (Å²) in [7, 11) is -1.77. The van der Waals surface area contributed by atoms with Crippen LogP contribution >= 0.6 is 8.60 Å². The molecule has 2 N–H and O–H groups in total. The van der Waals surface area contributed by atoms with Gasteiger partial charge in [-0.05, 0) is 19.8 Å². The molecule has 286 valence electrons. The number of Topliss-reactive ketones (excluding diaryl/α,β-unsaturated/α-hetero) is 2. The highest BCUT2D eigenvalue weighted by atomic mass is 31.2. The maximum atomic E-state index is 12.3. The van der Waals surface area contributed by atoms with Gasteiger partial charge in [-0.3, -0.25) is 9.59 Å². The molecule has 48 heavy (non-hydrogen) atoms. The first kappa shape index (κ1) is 47.6. The van der Waals surface area contributed by atoms with Crippen LogP contribution in [-0.4, -0.2) is 53.8 Å². The summed E-state index contributed by atoms with van der Waals surface area (Å²) in [6, 6.07) is 0. The van der Waals surface area contributed by atoms with E-state index in [1.54, 1.807) is 0 Å². The van der Waals surface area contributed by atoms with Gasteiger partial charge in [-0.1, -0.05) is 168 Å². The van der Waals surface area contributed by atoms with Crippen molar-refractivity contribution in [2.24, 2.45) is 0 Å². The highest BCUT2D eigenvalue weighted by molar-refractivity contribution is 7.41. The topological polar surface area (TPSA) is 102 Å². The summed E-state index contributed by atoms with van der Waals surface area (Å²) in [5.74, 6) is 0.0986. The van der Waals surface area contributed by atoms with Gasteiger partial charge in [0.05, 0.1) is 32.0 Å². The predicted octanol–water partition coefficient (Wildman–Crippen LogP) is 11.9. The monoisotopic (exact) mass is 703 g/mol. The number of rotatable bonds is 40. The lowest BCUT2D eigenvalue weighted by Crippen LogP contribution is -2.21. The molecule has 0 radical (unpaired) electrons. The molecule has 8 heteroatoms. The molecule has 0 amide bonds. The Hall–Kier alpha value is -0.430. The summed E-state index contributed by atoms with van der Waals surface area (Å²) in [4.78, 5) is 24.6. The zero-order valence-electron chi connectivity index (χ0n) is 31.9. The van der Waals surface area contributed by atoms with Crippen LogP contribution < -0.4 is 0 Å². The van der Waals surface area contributed by atoms with Crippen molar-refractivity contribution in [3.8, 4) is 0 Å². The Morgan fingerprint density at radius 2 is 0.708 bits per heavy atom. The molecule has 2 atom stereocenters. The highest BCUT2D eigenvalue weighted by Gasteiger charge is 2.20. The molecule has 2 unspecified atom stereocenters. The fourth-order valence-electron chi connectivity index (χ4n) is 6.04. The third-order valence-electron chi connectivity index (χ3n) is 9.02. The van der Waals surface area contributed by atoms with Crippen molar-refractivity contribution in [1.29, 1.82) is 0 Å². The average molecular weight is 703 g/mol. The number of ketones is 2. The number of hydrogen-bond donors (Lipinski definition) is 2. The number of unbranched alkanes of at least 4 members (excludes halogenated alkanes) is 24. The lowest BCUT2D eigenvalue weighted by Gasteiger charge is -2.19. The van der Waals surface area contributed by atoms with Gasteiger partial charge in [-0.25, -0.2) is 0 Å². The van der Waals surface area contributed by atoms with E-state index in [2.05, 4.69) is 13.8 Å². The van der Waals surface area contributed by atoms with Gasteiger partial charge in [0.25, 0.3) is 0 Å². The summed E-state index contributed by atoms with van der Waals surface area (Å²) in [6.45, 7) is 6.55. The van der Waals surface area contributed by atoms with Crippen LogP contribution in [0.2, 0.25) is 0 Å². The van der Waals surface area contributed by atoms with Crippen LogP contribution in [0.3, 0.4) is 0 Å². The van der Waals surface area contributed by atoms with Crippen LogP contribution in [0.4, 0.5) is 0 Å². The number of aliphatic hydroxyl groups excluding tert-OH is 2. The number of hydrogen-bond acceptors (Lipinski definition) is 7. The van der Waals surface area contributed by atoms with Crippen molar-refractivity contribution >= 4 is 20.2 Å². The second kappa shape index (κ2) is 37.8. The lowest BCUT2D eigenvalue weighted by molar-refractivity contribution is -0.122. The van der Waals surface area contributed by atoms with Gasteiger partial charge in [0, 0.05) is 25.7 Å². The normalized spacial score (nSPS) is 13.5. The molecule has 7 nitrogen and oxygen atoms in total. The van der Waals surface area contributed by atoms with Crippen LogP contribution in [0.1, 0.15) is 213 Å². The largest absolute Gasteiger partial charge is 0.390 e. The Labute approximate surface area is 298 Å². The molecule has 0 aliphatic carbocycles. The third-order valence-corrected chi connectivity index (χ3v) is 10.2. The number of aliphatic hydroxyl groups is 2. The molecule has 0 aliphatic heterocycles. The quantitative estimate of drug-likeness (QED) is 0.0484. The van der Waals surface area contributed by atoms with Crippen LogP contribution in [0.5, 0.6) is 0 Å². The van der Waals surface area contributed by atoms with Gasteiger partial charge in [-0.15, -0.1) is 0 Å². The first-order valence-electron chi connectivity index (χ1n) is 20.5. The SMILES string of the molecule is CCCCCCCCCCCCCCCC(=O)CC(O)COP(OCC)OCC(O)CC(=O)CCCCCCCCCCCCCCC. The third kappa shape index (κ3) is 35.4. The van der Waals surface area contributed by atoms with Crippen LogP contribution in [0.25, 0.3) is 0 Å². The molecule has 0 spiro atoms. The minimum absolute atomic E-state index is 0.0493. The number of carbonyl (C=O) groups is 2. The van der Waals surface area contributed by atoms with E-state index >= 15 is 0 Å². The minimum Gasteiger partial charge on any atom is -0.390 e. The Morgan fingerprint density at radius 1 is 0.438 bits per heavy atom. The molecule has 0 rings (SSSR count). The van der Waals surface area contributed by atoms with Crippen molar-refractivity contribution in [3.05, 3.63) is 0 Å². The van der Waals surface area contributed by atoms with Crippen molar-refractivity contribution in [3.63, 3.8) is 0 Å². The van der Waals surface area contributed by atoms with Crippen LogP contribution in [0, 0.1) is 0 Å². The second-order valence-electron chi connectivity index (χ2n) is 14.0. The Kier molecular flexibility index (Phi) is 37.5. The first-order chi connectivity index (χ1) is 23.4. The van der Waals surface area contributed by atoms with E-state index in [9.17, 15) is 19.8 Å². The zero-order valence-corrected chi connectivity index (χ0v) is 32.8. The Bertz CT molecular complexity index is 638. The van der Waals surface area contributed by atoms with Gasteiger partial charge in [0.15, 0.2) is 0 Å². The Morgan fingerprint density at radius 3 is 0.979 bits per heavy atom. The van der Waals surface area contributed by atoms with E-state index in [1.807, 2.05) is 6.92 Å². The van der Waals surface area contributed by atoms with Crippen LogP contribution in [-0.2, 0) is 23.2 Å². The summed E-state index contributed by atoms with van der Waals surface area (Å²) in [5.41, 5.74) is 0. The summed E-state index contributed by atoms with van der Waals surface area (Å²) < 4.78 is 16.7. The van der Waals surface area contributed by atoms with E-state index in [-0.39, 0.29) is 37.6 Å². The van der Waals surface area contributed by atoms with E-state index < -0.39 is 20.8 Å². The molecule has 0 saturated carbocycles. The average Bonchev–Trinajstić information content (AvgIpc) is 3.06. The van der Waals surface area contributed by atoms with E-state index in [0.717, 1.165) is 25.7 Å². The molecule has 0 fully saturated rings. The fourth-order valence-corrected chi connectivity index (χ4v) is 7.06. The van der Waals surface area contributed by atoms with Gasteiger partial charge in [0.2, 0.25) is 0 Å².